The second-order valence-electron chi connectivity index (χ2n) is 2.81. The zero-order chi connectivity index (χ0) is 10.1. The van der Waals surface area contributed by atoms with E-state index in [0.29, 0.717) is 17.7 Å². The van der Waals surface area contributed by atoms with E-state index in [1.165, 1.54) is 0 Å². The summed E-state index contributed by atoms with van der Waals surface area (Å²) in [6.07, 6.45) is -1.98. The third-order valence-corrected chi connectivity index (χ3v) is 1.93. The Kier molecular flexibility index (Phi) is 4.44. The van der Waals surface area contributed by atoms with Crippen molar-refractivity contribution in [1.29, 1.82) is 0 Å². The molecule has 1 heterocycles. The Bertz CT molecular complexity index is 216. The zero-order valence-corrected chi connectivity index (χ0v) is 7.07. The van der Waals surface area contributed by atoms with Crippen LogP contribution >= 0.6 is 0 Å². The maximum absolute atomic E-state index is 12.8. The number of hydrogen-bond acceptors (Lipinski definition) is 1. The number of nitrogens with zero attached hydrogens (tertiary/aromatic N) is 1. The van der Waals surface area contributed by atoms with Crippen LogP contribution in [0.5, 0.6) is 0 Å². The highest BCUT2D eigenvalue weighted by Gasteiger charge is 2.46. The summed E-state index contributed by atoms with van der Waals surface area (Å²) in [5.74, 6) is -2.63. The van der Waals surface area contributed by atoms with Gasteiger partial charge < -0.3 is 0 Å². The molecule has 7 heteroatoms. The monoisotopic (exact) mass is 221 g/mol. The van der Waals surface area contributed by atoms with Crippen LogP contribution in [-0.4, -0.2) is 24.0 Å². The number of rotatable bonds is 2. The first-order chi connectivity index (χ1) is 5.96. The SMILES string of the molecule is F.FC(F)=C(F)C(F)(F)N1CCCC1. The van der Waals surface area contributed by atoms with Gasteiger partial charge in [-0.3, -0.25) is 4.70 Å². The minimum atomic E-state index is -4.14. The lowest BCUT2D eigenvalue weighted by Gasteiger charge is -2.24. The van der Waals surface area contributed by atoms with E-state index >= 15 is 0 Å². The molecule has 0 spiro atoms. The van der Waals surface area contributed by atoms with Gasteiger partial charge in [-0.1, -0.05) is 0 Å². The first-order valence-corrected chi connectivity index (χ1v) is 3.80. The van der Waals surface area contributed by atoms with Crippen molar-refractivity contribution in [3.63, 3.8) is 0 Å². The van der Waals surface area contributed by atoms with Gasteiger partial charge in [0.05, 0.1) is 0 Å². The standard InChI is InChI=1S/C7H8F5N.FH/c8-5(6(9)10)7(11,12)13-3-1-2-4-13;/h1-4H2;1H. The van der Waals surface area contributed by atoms with Crippen LogP contribution in [0.3, 0.4) is 0 Å². The molecule has 0 saturated carbocycles. The van der Waals surface area contributed by atoms with Crippen molar-refractivity contribution in [2.45, 2.75) is 18.9 Å². The highest BCUT2D eigenvalue weighted by atomic mass is 19.3. The summed E-state index contributed by atoms with van der Waals surface area (Å²) in [5.41, 5.74) is 0. The van der Waals surface area contributed by atoms with Crippen LogP contribution in [0.25, 0.3) is 0 Å². The Morgan fingerprint density at radius 2 is 1.43 bits per heavy atom. The molecule has 0 unspecified atom stereocenters. The molecule has 0 amide bonds. The molecule has 0 aromatic heterocycles. The van der Waals surface area contributed by atoms with Gasteiger partial charge in [0.2, 0.25) is 5.83 Å². The molecule has 1 aliphatic heterocycles. The van der Waals surface area contributed by atoms with E-state index in [9.17, 15) is 22.0 Å². The molecule has 0 aliphatic carbocycles. The van der Waals surface area contributed by atoms with Crippen LogP contribution in [-0.2, 0) is 0 Å². The number of halogens is 6. The molecule has 1 rings (SSSR count). The van der Waals surface area contributed by atoms with Crippen molar-refractivity contribution in [2.75, 3.05) is 13.1 Å². The maximum atomic E-state index is 12.8. The van der Waals surface area contributed by atoms with Gasteiger partial charge in [0, 0.05) is 13.1 Å². The average Bonchev–Trinajstić information content (AvgIpc) is 2.54. The van der Waals surface area contributed by atoms with E-state index in [4.69, 9.17) is 0 Å². The molecular formula is C7H9F6N. The highest BCUT2D eigenvalue weighted by molar-refractivity contribution is 5.04. The van der Waals surface area contributed by atoms with Crippen molar-refractivity contribution >= 4 is 0 Å². The first kappa shape index (κ1) is 13.3. The highest BCUT2D eigenvalue weighted by Crippen LogP contribution is 2.34. The number of hydrogen-bond donors (Lipinski definition) is 0. The summed E-state index contributed by atoms with van der Waals surface area (Å²) in [5, 5.41) is 0. The molecule has 0 radical (unpaired) electrons. The van der Waals surface area contributed by atoms with Crippen molar-refractivity contribution < 1.29 is 26.7 Å². The van der Waals surface area contributed by atoms with E-state index in [1.54, 1.807) is 0 Å². The van der Waals surface area contributed by atoms with Crippen molar-refractivity contribution in [3.8, 4) is 0 Å². The topological polar surface area (TPSA) is 3.24 Å². The quantitative estimate of drug-likeness (QED) is 0.512. The Morgan fingerprint density at radius 1 is 1.00 bits per heavy atom. The van der Waals surface area contributed by atoms with E-state index < -0.39 is 18.0 Å². The molecule has 14 heavy (non-hydrogen) atoms. The normalized spacial score (nSPS) is 17.8. The lowest BCUT2D eigenvalue weighted by molar-refractivity contribution is -0.121. The molecular weight excluding hydrogens is 212 g/mol. The van der Waals surface area contributed by atoms with Gasteiger partial charge in [-0.15, -0.1) is 0 Å². The molecule has 1 saturated heterocycles. The summed E-state index contributed by atoms with van der Waals surface area (Å²) >= 11 is 0. The van der Waals surface area contributed by atoms with Gasteiger partial charge in [0.25, 0.3) is 0 Å². The molecule has 1 aliphatic rings. The van der Waals surface area contributed by atoms with Crippen molar-refractivity contribution in [2.24, 2.45) is 0 Å². The smallest absolute Gasteiger partial charge is 0.269 e. The van der Waals surface area contributed by atoms with Gasteiger partial charge in [0.1, 0.15) is 0 Å². The molecule has 0 N–H and O–H groups in total. The summed E-state index contributed by atoms with van der Waals surface area (Å²) in [6.45, 7) is -0.0958. The van der Waals surface area contributed by atoms with E-state index in [0.717, 1.165) is 0 Å². The second kappa shape index (κ2) is 4.68. The van der Waals surface area contributed by atoms with E-state index in [-0.39, 0.29) is 17.8 Å². The fourth-order valence-electron chi connectivity index (χ4n) is 1.25. The van der Waals surface area contributed by atoms with Crippen molar-refractivity contribution in [3.05, 3.63) is 11.9 Å². The second-order valence-corrected chi connectivity index (χ2v) is 2.81. The lowest BCUT2D eigenvalue weighted by atomic mass is 10.4. The minimum absolute atomic E-state index is 0. The maximum Gasteiger partial charge on any atom is 0.363 e. The zero-order valence-electron chi connectivity index (χ0n) is 7.07. The Morgan fingerprint density at radius 3 is 1.79 bits per heavy atom. The summed E-state index contributed by atoms with van der Waals surface area (Å²) in [7, 11) is 0. The minimum Gasteiger partial charge on any atom is -0.269 e. The molecule has 0 aromatic carbocycles. The fraction of sp³-hybridized carbons (Fsp3) is 0.714. The Balaban J connectivity index is 0.00000169. The third-order valence-electron chi connectivity index (χ3n) is 1.93. The Labute approximate surface area is 76.5 Å². The third kappa shape index (κ3) is 2.40. The van der Waals surface area contributed by atoms with Crippen LogP contribution in [0, 0.1) is 0 Å². The molecule has 0 atom stereocenters. The van der Waals surface area contributed by atoms with Crippen LogP contribution in [0.2, 0.25) is 0 Å². The number of alkyl halides is 2. The van der Waals surface area contributed by atoms with Crippen molar-refractivity contribution in [1.82, 2.24) is 4.90 Å². The molecule has 1 nitrogen and oxygen atoms in total. The van der Waals surface area contributed by atoms with Crippen LogP contribution in [0.1, 0.15) is 12.8 Å². The summed E-state index contributed by atoms with van der Waals surface area (Å²) < 4.78 is 61.0. The Hall–Kier alpha value is -0.720. The van der Waals surface area contributed by atoms with E-state index in [2.05, 4.69) is 0 Å². The predicted molar refractivity (Wildman–Crippen MR) is 38.6 cm³/mol. The van der Waals surface area contributed by atoms with Crippen LogP contribution in [0.15, 0.2) is 11.9 Å². The van der Waals surface area contributed by atoms with Gasteiger partial charge in [-0.2, -0.15) is 22.0 Å². The van der Waals surface area contributed by atoms with Gasteiger partial charge in [-0.25, -0.2) is 4.90 Å². The first-order valence-electron chi connectivity index (χ1n) is 3.80. The summed E-state index contributed by atoms with van der Waals surface area (Å²) in [4.78, 5) is 0.418. The fourth-order valence-corrected chi connectivity index (χ4v) is 1.25. The molecule has 1 fully saturated rings. The van der Waals surface area contributed by atoms with Crippen LogP contribution in [0.4, 0.5) is 26.7 Å². The van der Waals surface area contributed by atoms with E-state index in [1.807, 2.05) is 0 Å². The van der Waals surface area contributed by atoms with Gasteiger partial charge >= 0.3 is 12.1 Å². The van der Waals surface area contributed by atoms with Gasteiger partial charge in [-0.05, 0) is 12.8 Å². The van der Waals surface area contributed by atoms with Gasteiger partial charge in [0.15, 0.2) is 0 Å². The summed E-state index contributed by atoms with van der Waals surface area (Å²) in [6, 6.07) is -4.14. The average molecular weight is 221 g/mol. The largest absolute Gasteiger partial charge is 0.363 e. The predicted octanol–water partition coefficient (Wildman–Crippen LogP) is 2.91. The lowest BCUT2D eigenvalue weighted by Crippen LogP contribution is -2.40. The number of likely N-dealkylation sites (tertiary alicyclic amines) is 1. The molecule has 84 valence electrons. The molecule has 0 bridgehead atoms. The molecule has 0 aromatic rings. The van der Waals surface area contributed by atoms with Crippen LogP contribution < -0.4 is 0 Å².